The lowest BCUT2D eigenvalue weighted by atomic mass is 10.4. The Balaban J connectivity index is 2.37. The molecule has 0 radical (unpaired) electrons. The second kappa shape index (κ2) is 4.20. The van der Waals surface area contributed by atoms with E-state index in [1.54, 1.807) is 25.6 Å². The summed E-state index contributed by atoms with van der Waals surface area (Å²) in [5, 5.41) is 4.11. The maximum Gasteiger partial charge on any atom is 0.223 e. The average molecular weight is 232 g/mol. The first-order valence-corrected chi connectivity index (χ1v) is 4.94. The molecular formula is C10H12N6O. The van der Waals surface area contributed by atoms with E-state index in [-0.39, 0.29) is 5.91 Å². The molecule has 2 aromatic rings. The average Bonchev–Trinajstić information content (AvgIpc) is 2.77. The Kier molecular flexibility index (Phi) is 2.73. The molecule has 0 saturated heterocycles. The molecule has 17 heavy (non-hydrogen) atoms. The first-order chi connectivity index (χ1) is 8.09. The van der Waals surface area contributed by atoms with E-state index in [1.165, 1.54) is 22.8 Å². The number of rotatable bonds is 2. The summed E-state index contributed by atoms with van der Waals surface area (Å²) in [6, 6.07) is 0. The largest absolute Gasteiger partial charge is 0.382 e. The second-order valence-electron chi connectivity index (χ2n) is 3.51. The van der Waals surface area contributed by atoms with Crippen molar-refractivity contribution in [2.24, 2.45) is 0 Å². The number of hydrogen-bond acceptors (Lipinski definition) is 5. The van der Waals surface area contributed by atoms with E-state index in [2.05, 4.69) is 15.1 Å². The maximum atomic E-state index is 11.2. The first-order valence-electron chi connectivity index (χ1n) is 4.94. The van der Waals surface area contributed by atoms with Crippen LogP contribution in [-0.2, 0) is 4.79 Å². The van der Waals surface area contributed by atoms with E-state index in [0.29, 0.717) is 17.2 Å². The van der Waals surface area contributed by atoms with Crippen molar-refractivity contribution in [2.45, 2.75) is 6.92 Å². The Morgan fingerprint density at radius 1 is 1.47 bits per heavy atom. The van der Waals surface area contributed by atoms with Crippen molar-refractivity contribution in [3.63, 3.8) is 0 Å². The van der Waals surface area contributed by atoms with Crippen LogP contribution in [0.3, 0.4) is 0 Å². The number of nitrogen functional groups attached to an aromatic ring is 1. The van der Waals surface area contributed by atoms with Crippen LogP contribution in [0.5, 0.6) is 0 Å². The van der Waals surface area contributed by atoms with Gasteiger partial charge in [-0.15, -0.1) is 0 Å². The third-order valence-corrected chi connectivity index (χ3v) is 2.40. The molecule has 0 atom stereocenters. The van der Waals surface area contributed by atoms with Crippen molar-refractivity contribution in [2.75, 3.05) is 17.7 Å². The summed E-state index contributed by atoms with van der Waals surface area (Å²) >= 11 is 0. The molecule has 0 saturated carbocycles. The molecular weight excluding hydrogens is 220 g/mol. The summed E-state index contributed by atoms with van der Waals surface area (Å²) in [6.07, 6.45) is 6.20. The lowest BCUT2D eigenvalue weighted by molar-refractivity contribution is -0.116. The number of amides is 1. The Morgan fingerprint density at radius 3 is 2.88 bits per heavy atom. The highest BCUT2D eigenvalue weighted by atomic mass is 16.2. The van der Waals surface area contributed by atoms with Crippen LogP contribution in [-0.4, -0.2) is 32.7 Å². The fourth-order valence-corrected chi connectivity index (χ4v) is 1.31. The summed E-state index contributed by atoms with van der Waals surface area (Å²) in [4.78, 5) is 20.4. The molecule has 0 spiro atoms. The maximum absolute atomic E-state index is 11.2. The standard InChI is InChI=1S/C10H12N6O/c1-7(17)15(2)8-3-14-16(5-8)9-4-12-6-13-10(9)11/h3-6H,1-2H3,(H2,11,12,13). The number of carbonyl (C=O) groups excluding carboxylic acids is 1. The minimum Gasteiger partial charge on any atom is -0.382 e. The second-order valence-corrected chi connectivity index (χ2v) is 3.51. The molecule has 0 aliphatic carbocycles. The minimum absolute atomic E-state index is 0.0677. The van der Waals surface area contributed by atoms with Crippen molar-refractivity contribution >= 4 is 17.4 Å². The molecule has 2 N–H and O–H groups in total. The van der Waals surface area contributed by atoms with Gasteiger partial charge in [-0.2, -0.15) is 5.10 Å². The molecule has 88 valence electrons. The summed E-state index contributed by atoms with van der Waals surface area (Å²) in [5.41, 5.74) is 6.97. The number of aromatic nitrogens is 4. The van der Waals surface area contributed by atoms with E-state index < -0.39 is 0 Å². The van der Waals surface area contributed by atoms with Crippen LogP contribution in [0.2, 0.25) is 0 Å². The van der Waals surface area contributed by atoms with Crippen molar-refractivity contribution in [1.82, 2.24) is 19.7 Å². The number of nitrogens with zero attached hydrogens (tertiary/aromatic N) is 5. The number of nitrogens with two attached hydrogens (primary N) is 1. The van der Waals surface area contributed by atoms with Gasteiger partial charge >= 0.3 is 0 Å². The predicted molar refractivity (Wildman–Crippen MR) is 62.7 cm³/mol. The lowest BCUT2D eigenvalue weighted by Crippen LogP contribution is -2.22. The SMILES string of the molecule is CC(=O)N(C)c1cnn(-c2cncnc2N)c1. The minimum atomic E-state index is -0.0677. The quantitative estimate of drug-likeness (QED) is 0.800. The first kappa shape index (κ1) is 11.1. The fourth-order valence-electron chi connectivity index (χ4n) is 1.31. The van der Waals surface area contributed by atoms with Gasteiger partial charge in [0.15, 0.2) is 5.82 Å². The number of anilines is 2. The molecule has 1 amide bonds. The van der Waals surface area contributed by atoms with Gasteiger partial charge in [-0.1, -0.05) is 0 Å². The summed E-state index contributed by atoms with van der Waals surface area (Å²) in [7, 11) is 1.68. The van der Waals surface area contributed by atoms with Gasteiger partial charge in [0.1, 0.15) is 12.0 Å². The van der Waals surface area contributed by atoms with Crippen LogP contribution in [0.1, 0.15) is 6.92 Å². The molecule has 0 fully saturated rings. The fraction of sp³-hybridized carbons (Fsp3) is 0.200. The summed E-state index contributed by atoms with van der Waals surface area (Å²) < 4.78 is 1.53. The smallest absolute Gasteiger partial charge is 0.223 e. The highest BCUT2D eigenvalue weighted by Crippen LogP contribution is 2.16. The Bertz CT molecular complexity index is 549. The Labute approximate surface area is 97.9 Å². The highest BCUT2D eigenvalue weighted by molar-refractivity contribution is 5.90. The van der Waals surface area contributed by atoms with Gasteiger partial charge in [0, 0.05) is 14.0 Å². The van der Waals surface area contributed by atoms with Gasteiger partial charge < -0.3 is 10.6 Å². The molecule has 0 unspecified atom stereocenters. The number of carbonyl (C=O) groups is 1. The van der Waals surface area contributed by atoms with Crippen molar-refractivity contribution < 1.29 is 4.79 Å². The highest BCUT2D eigenvalue weighted by Gasteiger charge is 2.10. The topological polar surface area (TPSA) is 89.9 Å². The van der Waals surface area contributed by atoms with E-state index in [1.807, 2.05) is 0 Å². The van der Waals surface area contributed by atoms with Gasteiger partial charge in [0.2, 0.25) is 5.91 Å². The van der Waals surface area contributed by atoms with Gasteiger partial charge in [0.05, 0.1) is 24.3 Å². The van der Waals surface area contributed by atoms with Crippen LogP contribution in [0, 0.1) is 0 Å². The third-order valence-electron chi connectivity index (χ3n) is 2.40. The Morgan fingerprint density at radius 2 is 2.24 bits per heavy atom. The van der Waals surface area contributed by atoms with E-state index in [9.17, 15) is 4.79 Å². The van der Waals surface area contributed by atoms with Crippen LogP contribution >= 0.6 is 0 Å². The van der Waals surface area contributed by atoms with Crippen LogP contribution in [0.25, 0.3) is 5.69 Å². The van der Waals surface area contributed by atoms with Crippen LogP contribution in [0.4, 0.5) is 11.5 Å². The normalized spacial score (nSPS) is 10.2. The van der Waals surface area contributed by atoms with Crippen LogP contribution < -0.4 is 10.6 Å². The molecule has 7 nitrogen and oxygen atoms in total. The van der Waals surface area contributed by atoms with Crippen molar-refractivity contribution in [3.8, 4) is 5.69 Å². The Hall–Kier alpha value is -2.44. The molecule has 0 bridgehead atoms. The zero-order valence-electron chi connectivity index (χ0n) is 9.53. The van der Waals surface area contributed by atoms with Gasteiger partial charge in [-0.05, 0) is 0 Å². The summed E-state index contributed by atoms with van der Waals surface area (Å²) in [6.45, 7) is 1.48. The zero-order valence-corrected chi connectivity index (χ0v) is 9.53. The van der Waals surface area contributed by atoms with E-state index >= 15 is 0 Å². The van der Waals surface area contributed by atoms with Gasteiger partial charge in [-0.25, -0.2) is 14.6 Å². The van der Waals surface area contributed by atoms with E-state index in [4.69, 9.17) is 5.73 Å². The predicted octanol–water partition coefficient (Wildman–Crippen LogP) is 0.227. The number of hydrogen-bond donors (Lipinski definition) is 1. The molecule has 2 rings (SSSR count). The molecule has 7 heteroatoms. The third kappa shape index (κ3) is 2.07. The summed E-state index contributed by atoms with van der Waals surface area (Å²) in [5.74, 6) is 0.266. The molecule has 2 aromatic heterocycles. The molecule has 0 aliphatic heterocycles. The van der Waals surface area contributed by atoms with Crippen molar-refractivity contribution in [1.29, 1.82) is 0 Å². The lowest BCUT2D eigenvalue weighted by Gasteiger charge is -2.10. The van der Waals surface area contributed by atoms with Gasteiger partial charge in [-0.3, -0.25) is 4.79 Å². The van der Waals surface area contributed by atoms with E-state index in [0.717, 1.165) is 0 Å². The molecule has 0 aromatic carbocycles. The van der Waals surface area contributed by atoms with Gasteiger partial charge in [0.25, 0.3) is 0 Å². The monoisotopic (exact) mass is 232 g/mol. The van der Waals surface area contributed by atoms with Crippen LogP contribution in [0.15, 0.2) is 24.9 Å². The molecule has 0 aliphatic rings. The zero-order chi connectivity index (χ0) is 12.4. The molecule has 2 heterocycles. The van der Waals surface area contributed by atoms with Crippen molar-refractivity contribution in [3.05, 3.63) is 24.9 Å².